The lowest BCUT2D eigenvalue weighted by Gasteiger charge is -2.39. The minimum atomic E-state index is -0.546. The zero-order valence-corrected chi connectivity index (χ0v) is 28.7. The highest BCUT2D eigenvalue weighted by Gasteiger charge is 2.51. The Morgan fingerprint density at radius 2 is 1.06 bits per heavy atom. The molecule has 246 valence electrons. The number of hydrogen-bond acceptors (Lipinski definition) is 1. The van der Waals surface area contributed by atoms with Gasteiger partial charge in [0, 0.05) is 39.0 Å². The van der Waals surface area contributed by atoms with Gasteiger partial charge < -0.3 is 14.5 Å². The molecular formula is C50H31N3. The lowest BCUT2D eigenvalue weighted by atomic mass is 9.65. The van der Waals surface area contributed by atoms with Crippen molar-refractivity contribution in [2.45, 2.75) is 5.41 Å². The number of aromatic nitrogens is 2. The van der Waals surface area contributed by atoms with Gasteiger partial charge in [-0.15, -0.1) is 0 Å². The van der Waals surface area contributed by atoms with Crippen molar-refractivity contribution in [2.75, 3.05) is 0 Å². The molecule has 0 radical (unpaired) electrons. The van der Waals surface area contributed by atoms with E-state index < -0.39 is 5.41 Å². The number of benzene rings is 8. The first-order valence-corrected chi connectivity index (χ1v) is 18.3. The summed E-state index contributed by atoms with van der Waals surface area (Å²) in [4.78, 5) is 0. The van der Waals surface area contributed by atoms with Crippen LogP contribution in [0.3, 0.4) is 0 Å². The highest BCUT2D eigenvalue weighted by atomic mass is 15.0. The van der Waals surface area contributed by atoms with E-state index in [0.717, 1.165) is 16.8 Å². The molecule has 1 unspecified atom stereocenters. The maximum absolute atomic E-state index is 8.63. The van der Waals surface area contributed by atoms with Crippen molar-refractivity contribution in [3.8, 4) is 33.6 Å². The number of rotatable bonds is 3. The first-order valence-electron chi connectivity index (χ1n) is 18.3. The monoisotopic (exact) mass is 673 g/mol. The fraction of sp³-hybridized carbons (Fsp3) is 0.0200. The minimum absolute atomic E-state index is 0.546. The summed E-state index contributed by atoms with van der Waals surface area (Å²) in [7, 11) is 0. The van der Waals surface area contributed by atoms with Crippen LogP contribution >= 0.6 is 0 Å². The fourth-order valence-corrected chi connectivity index (χ4v) is 10.00. The lowest BCUT2D eigenvalue weighted by molar-refractivity contribution is 0.748. The average Bonchev–Trinajstić information content (AvgIpc) is 3.85. The molecule has 0 amide bonds. The van der Waals surface area contributed by atoms with Crippen LogP contribution in [0.25, 0.3) is 77.2 Å². The van der Waals surface area contributed by atoms with Crippen molar-refractivity contribution in [1.82, 2.24) is 9.13 Å². The first kappa shape index (κ1) is 28.7. The van der Waals surface area contributed by atoms with Gasteiger partial charge >= 0.3 is 0 Å². The van der Waals surface area contributed by atoms with Crippen LogP contribution in [-0.2, 0) is 5.41 Å². The molecule has 1 atom stereocenters. The fourth-order valence-electron chi connectivity index (χ4n) is 10.00. The highest BCUT2D eigenvalue weighted by molar-refractivity contribution is 6.14. The van der Waals surface area contributed by atoms with Gasteiger partial charge in [0.15, 0.2) is 0 Å². The zero-order valence-electron chi connectivity index (χ0n) is 28.7. The summed E-state index contributed by atoms with van der Waals surface area (Å²) in [5.41, 5.74) is 17.4. The summed E-state index contributed by atoms with van der Waals surface area (Å²) in [6.07, 6.45) is 1.53. The Hall–Kier alpha value is -6.97. The van der Waals surface area contributed by atoms with E-state index in [9.17, 15) is 0 Å². The van der Waals surface area contributed by atoms with Crippen LogP contribution in [0.4, 0.5) is 0 Å². The van der Waals surface area contributed by atoms with Crippen LogP contribution < -0.4 is 0 Å². The molecule has 3 nitrogen and oxygen atoms in total. The van der Waals surface area contributed by atoms with E-state index in [0.29, 0.717) is 0 Å². The number of hydrogen-bond donors (Lipinski definition) is 1. The van der Waals surface area contributed by atoms with Crippen LogP contribution in [-0.4, -0.2) is 15.3 Å². The van der Waals surface area contributed by atoms with E-state index in [1.54, 1.807) is 0 Å². The van der Waals surface area contributed by atoms with Gasteiger partial charge in [-0.2, -0.15) is 0 Å². The molecule has 1 aliphatic heterocycles. The molecule has 3 heterocycles. The van der Waals surface area contributed by atoms with Gasteiger partial charge in [-0.1, -0.05) is 127 Å². The molecule has 1 aliphatic carbocycles. The Kier molecular flexibility index (Phi) is 5.58. The number of nitrogens with one attached hydrogen (secondary N) is 1. The summed E-state index contributed by atoms with van der Waals surface area (Å²) in [5, 5.41) is 13.6. The maximum atomic E-state index is 8.63. The summed E-state index contributed by atoms with van der Waals surface area (Å²) >= 11 is 0. The number of fused-ring (bicyclic) bond motifs is 15. The molecule has 0 fully saturated rings. The molecule has 3 heteroatoms. The molecule has 12 rings (SSSR count). The van der Waals surface area contributed by atoms with Gasteiger partial charge in [-0.05, 0) is 93.0 Å². The Bertz CT molecular complexity index is 3200. The second kappa shape index (κ2) is 10.3. The summed E-state index contributed by atoms with van der Waals surface area (Å²) in [6.45, 7) is 0. The predicted molar refractivity (Wildman–Crippen MR) is 219 cm³/mol. The maximum Gasteiger partial charge on any atom is 0.0754 e. The van der Waals surface area contributed by atoms with Crippen LogP contribution in [0.15, 0.2) is 176 Å². The van der Waals surface area contributed by atoms with Gasteiger partial charge in [-0.3, -0.25) is 0 Å². The van der Waals surface area contributed by atoms with E-state index in [2.05, 4.69) is 185 Å². The highest BCUT2D eigenvalue weighted by Crippen LogP contribution is 2.61. The molecule has 2 aliphatic rings. The van der Waals surface area contributed by atoms with Crippen LogP contribution in [0.5, 0.6) is 0 Å². The van der Waals surface area contributed by atoms with Gasteiger partial charge in [0.25, 0.3) is 0 Å². The third kappa shape index (κ3) is 3.51. The minimum Gasteiger partial charge on any atom is -0.309 e. The van der Waals surface area contributed by atoms with Gasteiger partial charge in [-0.25, -0.2) is 0 Å². The van der Waals surface area contributed by atoms with Crippen molar-refractivity contribution in [3.05, 3.63) is 204 Å². The lowest BCUT2D eigenvalue weighted by Crippen LogP contribution is -2.33. The molecule has 8 aromatic carbocycles. The third-order valence-electron chi connectivity index (χ3n) is 12.0. The normalized spacial score (nSPS) is 15.3. The van der Waals surface area contributed by atoms with Crippen molar-refractivity contribution in [2.24, 2.45) is 0 Å². The largest absolute Gasteiger partial charge is 0.309 e. The van der Waals surface area contributed by atoms with Crippen molar-refractivity contribution < 1.29 is 0 Å². The Morgan fingerprint density at radius 1 is 0.434 bits per heavy atom. The molecule has 0 saturated carbocycles. The SMILES string of the molecule is N=Cc1cccc2c1-c1cc(-c3ccc4c(c3)c3ccccc3n4-c3ccccc3)ccc1C21c2ccccc2-n2c3ccccc3c3cccc1c32. The van der Waals surface area contributed by atoms with Crippen molar-refractivity contribution >= 4 is 49.8 Å². The van der Waals surface area contributed by atoms with E-state index in [1.807, 2.05) is 0 Å². The molecule has 53 heavy (non-hydrogen) atoms. The van der Waals surface area contributed by atoms with Crippen molar-refractivity contribution in [1.29, 1.82) is 5.41 Å². The van der Waals surface area contributed by atoms with Crippen molar-refractivity contribution in [3.63, 3.8) is 0 Å². The standard InChI is InChI=1S/C50H31N3/c51-30-33-12-10-19-42-48(33)39-29-31(32-25-27-46-38(28-32)36-16-5-7-21-44(36)52(46)34-13-2-1-3-14-34)24-26-40(39)50(42)41-18-6-9-23-47(41)53-45-22-8-4-15-35(45)37-17-11-20-43(50)49(37)53/h1-30,51H. The van der Waals surface area contributed by atoms with E-state index in [-0.39, 0.29) is 0 Å². The van der Waals surface area contributed by atoms with Crippen LogP contribution in [0.1, 0.15) is 27.8 Å². The summed E-state index contributed by atoms with van der Waals surface area (Å²) in [6, 6.07) is 64.5. The van der Waals surface area contributed by atoms with Gasteiger partial charge in [0.1, 0.15) is 0 Å². The molecule has 10 aromatic rings. The van der Waals surface area contributed by atoms with Crippen LogP contribution in [0.2, 0.25) is 0 Å². The Balaban J connectivity index is 1.15. The second-order valence-corrected chi connectivity index (χ2v) is 14.4. The van der Waals surface area contributed by atoms with Crippen LogP contribution in [0, 0.1) is 5.41 Å². The van der Waals surface area contributed by atoms with Gasteiger partial charge in [0.05, 0.1) is 33.2 Å². The predicted octanol–water partition coefficient (Wildman–Crippen LogP) is 12.2. The summed E-state index contributed by atoms with van der Waals surface area (Å²) < 4.78 is 4.85. The van der Waals surface area contributed by atoms with E-state index in [1.165, 1.54) is 94.5 Å². The van der Waals surface area contributed by atoms with E-state index in [4.69, 9.17) is 5.41 Å². The molecule has 1 N–H and O–H groups in total. The second-order valence-electron chi connectivity index (χ2n) is 14.4. The molecule has 0 bridgehead atoms. The molecule has 2 aromatic heterocycles. The Labute approximate surface area is 306 Å². The summed E-state index contributed by atoms with van der Waals surface area (Å²) in [5.74, 6) is 0. The number of para-hydroxylation sites is 5. The molecule has 1 spiro atoms. The van der Waals surface area contributed by atoms with E-state index >= 15 is 0 Å². The number of nitrogens with zero attached hydrogens (tertiary/aromatic N) is 2. The third-order valence-corrected chi connectivity index (χ3v) is 12.0. The smallest absolute Gasteiger partial charge is 0.0754 e. The topological polar surface area (TPSA) is 33.7 Å². The first-order chi connectivity index (χ1) is 26.3. The van der Waals surface area contributed by atoms with Gasteiger partial charge in [0.2, 0.25) is 0 Å². The Morgan fingerprint density at radius 3 is 1.91 bits per heavy atom. The zero-order chi connectivity index (χ0) is 34.8. The quantitative estimate of drug-likeness (QED) is 0.181. The molecule has 0 saturated heterocycles. The molecular weight excluding hydrogens is 643 g/mol. The average molecular weight is 674 g/mol.